The molecule has 2 aliphatic rings. The SMILES string of the molecule is CCCn1cc(S(=O)(=O)N2CCC[C@]3(CC=CCN(C)C3=O)C2)c(C)n1. The number of nitrogens with zero attached hydrogens (tertiary/aromatic N) is 4. The Morgan fingerprint density at radius 3 is 2.81 bits per heavy atom. The number of hydrogen-bond donors (Lipinski definition) is 0. The molecule has 0 unspecified atom stereocenters. The smallest absolute Gasteiger partial charge is 0.246 e. The molecule has 1 amide bonds. The summed E-state index contributed by atoms with van der Waals surface area (Å²) in [5.74, 6) is 0.0424. The summed E-state index contributed by atoms with van der Waals surface area (Å²) >= 11 is 0. The van der Waals surface area contributed by atoms with Crippen LogP contribution in [0.5, 0.6) is 0 Å². The van der Waals surface area contributed by atoms with E-state index in [-0.39, 0.29) is 17.3 Å². The van der Waals surface area contributed by atoms with Crippen LogP contribution in [0.1, 0.15) is 38.3 Å². The van der Waals surface area contributed by atoms with E-state index in [1.807, 2.05) is 19.1 Å². The Kier molecular flexibility index (Phi) is 5.25. The Bertz CT molecular complexity index is 814. The maximum absolute atomic E-state index is 13.3. The van der Waals surface area contributed by atoms with E-state index in [1.54, 1.807) is 29.7 Å². The van der Waals surface area contributed by atoms with Crippen LogP contribution in [0.2, 0.25) is 0 Å². The second-order valence-electron chi connectivity index (χ2n) is 7.43. The van der Waals surface area contributed by atoms with Gasteiger partial charge in [-0.15, -0.1) is 0 Å². The van der Waals surface area contributed by atoms with E-state index in [2.05, 4.69) is 5.10 Å². The van der Waals surface area contributed by atoms with Gasteiger partial charge in [0.05, 0.1) is 11.1 Å². The van der Waals surface area contributed by atoms with Gasteiger partial charge in [0.2, 0.25) is 15.9 Å². The summed E-state index contributed by atoms with van der Waals surface area (Å²) in [6.45, 7) is 5.71. The van der Waals surface area contributed by atoms with Gasteiger partial charge in [0, 0.05) is 39.4 Å². The standard InChI is InChI=1S/C18H28N4O3S/c1-4-10-21-13-16(15(2)19-21)26(24,25)22-12-7-9-18(14-22)8-5-6-11-20(3)17(18)23/h5-6,13H,4,7-12,14H2,1-3H3/t18-/m1/s1. The second kappa shape index (κ2) is 7.15. The van der Waals surface area contributed by atoms with Crippen molar-refractivity contribution in [2.24, 2.45) is 5.41 Å². The molecular formula is C18H28N4O3S. The van der Waals surface area contributed by atoms with Crippen molar-refractivity contribution in [3.05, 3.63) is 24.0 Å². The van der Waals surface area contributed by atoms with E-state index >= 15 is 0 Å². The van der Waals surface area contributed by atoms with E-state index in [4.69, 9.17) is 0 Å². The number of aromatic nitrogens is 2. The lowest BCUT2D eigenvalue weighted by atomic mass is 9.77. The third-order valence-corrected chi connectivity index (χ3v) is 7.32. The van der Waals surface area contributed by atoms with Crippen LogP contribution >= 0.6 is 0 Å². The van der Waals surface area contributed by atoms with Gasteiger partial charge in [0.25, 0.3) is 0 Å². The van der Waals surface area contributed by atoms with Gasteiger partial charge in [0.1, 0.15) is 4.90 Å². The molecule has 1 aromatic rings. The molecule has 1 spiro atoms. The van der Waals surface area contributed by atoms with Gasteiger partial charge in [-0.3, -0.25) is 9.48 Å². The molecule has 1 saturated heterocycles. The van der Waals surface area contributed by atoms with Gasteiger partial charge in [-0.2, -0.15) is 9.40 Å². The van der Waals surface area contributed by atoms with Crippen molar-refractivity contribution in [2.45, 2.75) is 51.0 Å². The molecule has 26 heavy (non-hydrogen) atoms. The largest absolute Gasteiger partial charge is 0.342 e. The molecular weight excluding hydrogens is 352 g/mol. The highest BCUT2D eigenvalue weighted by atomic mass is 32.2. The monoisotopic (exact) mass is 380 g/mol. The number of hydrogen-bond acceptors (Lipinski definition) is 4. The Balaban J connectivity index is 1.91. The number of amides is 1. The van der Waals surface area contributed by atoms with E-state index in [1.165, 1.54) is 4.31 Å². The highest BCUT2D eigenvalue weighted by Gasteiger charge is 2.46. The normalized spacial score (nSPS) is 25.0. The van der Waals surface area contributed by atoms with Crippen LogP contribution < -0.4 is 0 Å². The molecule has 0 saturated carbocycles. The van der Waals surface area contributed by atoms with Crippen molar-refractivity contribution in [1.82, 2.24) is 19.0 Å². The van der Waals surface area contributed by atoms with Crippen LogP contribution in [0.3, 0.4) is 0 Å². The molecule has 1 aromatic heterocycles. The van der Waals surface area contributed by atoms with Crippen molar-refractivity contribution in [2.75, 3.05) is 26.7 Å². The Morgan fingerprint density at radius 1 is 1.31 bits per heavy atom. The summed E-state index contributed by atoms with van der Waals surface area (Å²) in [6, 6.07) is 0. The highest BCUT2D eigenvalue weighted by Crippen LogP contribution is 2.39. The van der Waals surface area contributed by atoms with Crippen molar-refractivity contribution in [3.8, 4) is 0 Å². The lowest BCUT2D eigenvalue weighted by Gasteiger charge is -2.41. The summed E-state index contributed by atoms with van der Waals surface area (Å²) in [4.78, 5) is 14.9. The molecule has 7 nitrogen and oxygen atoms in total. The number of likely N-dealkylation sites (N-methyl/N-ethyl adjacent to an activating group) is 1. The zero-order chi connectivity index (χ0) is 18.9. The fourth-order valence-corrected chi connectivity index (χ4v) is 5.72. The summed E-state index contributed by atoms with van der Waals surface area (Å²) in [5.41, 5.74) is -0.136. The predicted octanol–water partition coefficient (Wildman–Crippen LogP) is 1.79. The van der Waals surface area contributed by atoms with Gasteiger partial charge in [-0.25, -0.2) is 8.42 Å². The summed E-state index contributed by atoms with van der Waals surface area (Å²) in [7, 11) is -1.88. The second-order valence-corrected chi connectivity index (χ2v) is 9.33. The van der Waals surface area contributed by atoms with E-state index < -0.39 is 15.4 Å². The molecule has 3 heterocycles. The molecule has 2 aliphatic heterocycles. The first-order chi connectivity index (χ1) is 12.3. The number of rotatable bonds is 4. The number of piperidine rings is 1. The minimum atomic E-state index is -3.66. The van der Waals surface area contributed by atoms with Crippen LogP contribution in [-0.4, -0.2) is 60.0 Å². The maximum atomic E-state index is 13.3. The van der Waals surface area contributed by atoms with Crippen molar-refractivity contribution in [3.63, 3.8) is 0 Å². The summed E-state index contributed by atoms with van der Waals surface area (Å²) < 4.78 is 29.7. The minimum absolute atomic E-state index is 0.0424. The summed E-state index contributed by atoms with van der Waals surface area (Å²) in [6.07, 6.45) is 8.52. The third kappa shape index (κ3) is 3.32. The van der Waals surface area contributed by atoms with E-state index in [9.17, 15) is 13.2 Å². The highest BCUT2D eigenvalue weighted by molar-refractivity contribution is 7.89. The van der Waals surface area contributed by atoms with Gasteiger partial charge >= 0.3 is 0 Å². The fraction of sp³-hybridized carbons (Fsp3) is 0.667. The topological polar surface area (TPSA) is 75.5 Å². The maximum Gasteiger partial charge on any atom is 0.246 e. The van der Waals surface area contributed by atoms with Gasteiger partial charge in [-0.05, 0) is 32.6 Å². The molecule has 0 bridgehead atoms. The lowest BCUT2D eigenvalue weighted by molar-refractivity contribution is -0.142. The molecule has 8 heteroatoms. The van der Waals surface area contributed by atoms with Crippen LogP contribution in [0.25, 0.3) is 0 Å². The Hall–Kier alpha value is -1.67. The average Bonchev–Trinajstić information content (AvgIpc) is 2.93. The zero-order valence-electron chi connectivity index (χ0n) is 15.8. The molecule has 1 atom stereocenters. The van der Waals surface area contributed by atoms with E-state index in [0.29, 0.717) is 38.2 Å². The van der Waals surface area contributed by atoms with Gasteiger partial charge < -0.3 is 4.90 Å². The Morgan fingerprint density at radius 2 is 2.08 bits per heavy atom. The average molecular weight is 381 g/mol. The molecule has 1 fully saturated rings. The van der Waals surface area contributed by atoms with Crippen LogP contribution in [0.4, 0.5) is 0 Å². The number of aryl methyl sites for hydroxylation is 2. The van der Waals surface area contributed by atoms with Crippen molar-refractivity contribution in [1.29, 1.82) is 0 Å². The molecule has 0 aliphatic carbocycles. The van der Waals surface area contributed by atoms with Crippen molar-refractivity contribution >= 4 is 15.9 Å². The van der Waals surface area contributed by atoms with E-state index in [0.717, 1.165) is 12.8 Å². The zero-order valence-corrected chi connectivity index (χ0v) is 16.6. The third-order valence-electron chi connectivity index (χ3n) is 5.37. The van der Waals surface area contributed by atoms with Gasteiger partial charge in [-0.1, -0.05) is 19.1 Å². The number of carbonyl (C=O) groups is 1. The van der Waals surface area contributed by atoms with Gasteiger partial charge in [0.15, 0.2) is 0 Å². The quantitative estimate of drug-likeness (QED) is 0.747. The first-order valence-corrected chi connectivity index (χ1v) is 10.7. The molecule has 144 valence electrons. The molecule has 3 rings (SSSR count). The molecule has 0 aromatic carbocycles. The van der Waals surface area contributed by atoms with Crippen LogP contribution in [0.15, 0.2) is 23.2 Å². The lowest BCUT2D eigenvalue weighted by Crippen LogP contribution is -2.53. The first kappa shape index (κ1) is 19.1. The fourth-order valence-electron chi connectivity index (χ4n) is 3.99. The van der Waals surface area contributed by atoms with Crippen molar-refractivity contribution < 1.29 is 13.2 Å². The number of carbonyl (C=O) groups excluding carboxylic acids is 1. The Labute approximate surface area is 155 Å². The predicted molar refractivity (Wildman–Crippen MR) is 99.1 cm³/mol. The first-order valence-electron chi connectivity index (χ1n) is 9.25. The van der Waals surface area contributed by atoms with Crippen LogP contribution in [0, 0.1) is 12.3 Å². The number of sulfonamides is 1. The molecule has 0 radical (unpaired) electrons. The minimum Gasteiger partial charge on any atom is -0.342 e. The number of allylic oxidation sites excluding steroid dienone is 1. The summed E-state index contributed by atoms with van der Waals surface area (Å²) in [5, 5.41) is 4.33. The van der Waals surface area contributed by atoms with Crippen LogP contribution in [-0.2, 0) is 21.4 Å². The molecule has 0 N–H and O–H groups in total.